The summed E-state index contributed by atoms with van der Waals surface area (Å²) < 4.78 is 0. The van der Waals surface area contributed by atoms with Crippen molar-refractivity contribution in [1.29, 1.82) is 0 Å². The molecule has 0 aliphatic rings. The van der Waals surface area contributed by atoms with Crippen LogP contribution in [0.4, 0.5) is 0 Å². The van der Waals surface area contributed by atoms with E-state index < -0.39 is 0 Å². The highest BCUT2D eigenvalue weighted by atomic mass is 32.1. The number of nitrogens with one attached hydrogen (secondary N) is 3. The Bertz CT molecular complexity index is 839. The molecule has 0 bridgehead atoms. The molecule has 3 N–H and O–H groups in total. The van der Waals surface area contributed by atoms with Crippen LogP contribution in [0.3, 0.4) is 0 Å². The normalized spacial score (nSPS) is 11.5. The first kappa shape index (κ1) is 18.1. The monoisotopic (exact) mass is 369 g/mol. The summed E-state index contributed by atoms with van der Waals surface area (Å²) in [6, 6.07) is 8.14. The van der Waals surface area contributed by atoms with Crippen LogP contribution in [0.1, 0.15) is 29.3 Å². The highest BCUT2D eigenvalue weighted by Crippen LogP contribution is 2.16. The molecule has 7 nitrogen and oxygen atoms in total. The van der Waals surface area contributed by atoms with Crippen molar-refractivity contribution >= 4 is 17.3 Å². The molecule has 0 saturated carbocycles. The molecular formula is C18H23N7S. The summed E-state index contributed by atoms with van der Waals surface area (Å²) in [5, 5.41) is 14.5. The first-order valence-corrected chi connectivity index (χ1v) is 9.50. The summed E-state index contributed by atoms with van der Waals surface area (Å²) in [4.78, 5) is 14.6. The van der Waals surface area contributed by atoms with Gasteiger partial charge >= 0.3 is 0 Å². The first-order valence-electron chi connectivity index (χ1n) is 8.69. The van der Waals surface area contributed by atoms with Crippen LogP contribution in [0.15, 0.2) is 41.8 Å². The molecule has 0 radical (unpaired) electrons. The number of H-pyrrole nitrogens is 1. The molecule has 3 rings (SSSR count). The molecule has 0 aliphatic heterocycles. The van der Waals surface area contributed by atoms with Crippen molar-refractivity contribution in [2.75, 3.05) is 6.54 Å². The second-order valence-corrected chi connectivity index (χ2v) is 6.86. The Morgan fingerprint density at radius 1 is 1.23 bits per heavy atom. The van der Waals surface area contributed by atoms with Crippen molar-refractivity contribution in [3.05, 3.63) is 52.2 Å². The van der Waals surface area contributed by atoms with Crippen molar-refractivity contribution < 1.29 is 0 Å². The standard InChI is InChI=1S/C18H23N7S/c1-3-15-10-20-16(26-15)11-22-18(19-4-2)21-9-13-6-5-7-14(8-13)17-23-12-24-25-17/h5-8,10,12H,3-4,9,11H2,1-2H3,(H2,19,21,22)(H,23,24,25). The van der Waals surface area contributed by atoms with Crippen molar-refractivity contribution in [3.8, 4) is 11.4 Å². The van der Waals surface area contributed by atoms with Gasteiger partial charge in [0.15, 0.2) is 11.8 Å². The molecule has 8 heteroatoms. The number of aromatic nitrogens is 4. The smallest absolute Gasteiger partial charge is 0.191 e. The number of nitrogens with zero attached hydrogens (tertiary/aromatic N) is 4. The summed E-state index contributed by atoms with van der Waals surface area (Å²) in [7, 11) is 0. The Morgan fingerprint density at radius 2 is 2.15 bits per heavy atom. The summed E-state index contributed by atoms with van der Waals surface area (Å²) in [6.07, 6.45) is 4.48. The van der Waals surface area contributed by atoms with E-state index in [0.29, 0.717) is 13.1 Å². The van der Waals surface area contributed by atoms with E-state index in [1.54, 1.807) is 11.3 Å². The number of hydrogen-bond acceptors (Lipinski definition) is 5. The number of guanidine groups is 1. The Balaban J connectivity index is 1.64. The number of benzene rings is 1. The first-order chi connectivity index (χ1) is 12.8. The van der Waals surface area contributed by atoms with E-state index in [2.05, 4.69) is 61.8 Å². The van der Waals surface area contributed by atoms with Crippen LogP contribution in [0.5, 0.6) is 0 Å². The van der Waals surface area contributed by atoms with Crippen LogP contribution in [0.2, 0.25) is 0 Å². The minimum Gasteiger partial charge on any atom is -0.357 e. The predicted molar refractivity (Wildman–Crippen MR) is 105 cm³/mol. The van der Waals surface area contributed by atoms with Crippen LogP contribution < -0.4 is 10.6 Å². The van der Waals surface area contributed by atoms with Gasteiger partial charge < -0.3 is 10.6 Å². The van der Waals surface area contributed by atoms with E-state index in [4.69, 9.17) is 0 Å². The quantitative estimate of drug-likeness (QED) is 0.440. The molecule has 0 unspecified atom stereocenters. The van der Waals surface area contributed by atoms with Gasteiger partial charge in [0.05, 0.1) is 13.1 Å². The zero-order valence-electron chi connectivity index (χ0n) is 15.0. The minimum absolute atomic E-state index is 0.579. The SMILES string of the molecule is CCNC(=NCc1cccc(-c2ncn[nH]2)c1)NCc1ncc(CC)s1. The highest BCUT2D eigenvalue weighted by Gasteiger charge is 2.04. The van der Waals surface area contributed by atoms with Gasteiger partial charge in [-0.3, -0.25) is 5.10 Å². The number of aromatic amines is 1. The summed E-state index contributed by atoms with van der Waals surface area (Å²) >= 11 is 1.74. The topological polar surface area (TPSA) is 90.9 Å². The lowest BCUT2D eigenvalue weighted by atomic mass is 10.1. The molecule has 0 spiro atoms. The van der Waals surface area contributed by atoms with E-state index in [1.165, 1.54) is 11.2 Å². The van der Waals surface area contributed by atoms with Crippen molar-refractivity contribution in [2.45, 2.75) is 33.4 Å². The van der Waals surface area contributed by atoms with Crippen LogP contribution in [0.25, 0.3) is 11.4 Å². The van der Waals surface area contributed by atoms with Gasteiger partial charge in [-0.2, -0.15) is 5.10 Å². The van der Waals surface area contributed by atoms with Gasteiger partial charge in [-0.15, -0.1) is 11.3 Å². The van der Waals surface area contributed by atoms with Gasteiger partial charge in [-0.25, -0.2) is 15.0 Å². The zero-order valence-corrected chi connectivity index (χ0v) is 15.8. The molecule has 0 saturated heterocycles. The third kappa shape index (κ3) is 4.89. The molecule has 0 atom stereocenters. The second kappa shape index (κ2) is 9.10. The van der Waals surface area contributed by atoms with Gasteiger partial charge in [0, 0.05) is 23.2 Å². The maximum Gasteiger partial charge on any atom is 0.191 e. The average molecular weight is 369 g/mol. The van der Waals surface area contributed by atoms with Crippen LogP contribution in [-0.2, 0) is 19.5 Å². The number of aryl methyl sites for hydroxylation is 1. The molecule has 0 amide bonds. The fourth-order valence-electron chi connectivity index (χ4n) is 2.43. The summed E-state index contributed by atoms with van der Waals surface area (Å²) in [5.41, 5.74) is 2.11. The van der Waals surface area contributed by atoms with Crippen LogP contribution >= 0.6 is 11.3 Å². The molecule has 2 heterocycles. The lowest BCUT2D eigenvalue weighted by Gasteiger charge is -2.10. The minimum atomic E-state index is 0.579. The predicted octanol–water partition coefficient (Wildman–Crippen LogP) is 2.75. The highest BCUT2D eigenvalue weighted by molar-refractivity contribution is 7.11. The zero-order chi connectivity index (χ0) is 18.2. The lowest BCUT2D eigenvalue weighted by Crippen LogP contribution is -2.36. The fourth-order valence-corrected chi connectivity index (χ4v) is 3.23. The van der Waals surface area contributed by atoms with Crippen molar-refractivity contribution in [2.24, 2.45) is 4.99 Å². The molecule has 2 aromatic heterocycles. The Labute approximate surface area is 157 Å². The maximum absolute atomic E-state index is 4.67. The molecule has 1 aromatic carbocycles. The third-order valence-electron chi connectivity index (χ3n) is 3.74. The molecule has 0 aliphatic carbocycles. The van der Waals surface area contributed by atoms with Crippen LogP contribution in [-0.4, -0.2) is 32.7 Å². The second-order valence-electron chi connectivity index (χ2n) is 5.66. The van der Waals surface area contributed by atoms with Gasteiger partial charge in [-0.05, 0) is 25.0 Å². The Kier molecular flexibility index (Phi) is 6.32. The number of hydrogen-bond donors (Lipinski definition) is 3. The molecule has 3 aromatic rings. The van der Waals surface area contributed by atoms with E-state index >= 15 is 0 Å². The van der Waals surface area contributed by atoms with Crippen molar-refractivity contribution in [1.82, 2.24) is 30.8 Å². The van der Waals surface area contributed by atoms with Gasteiger partial charge in [0.2, 0.25) is 0 Å². The lowest BCUT2D eigenvalue weighted by molar-refractivity contribution is 0.811. The number of thiazole rings is 1. The van der Waals surface area contributed by atoms with E-state index in [9.17, 15) is 0 Å². The third-order valence-corrected chi connectivity index (χ3v) is 4.88. The van der Waals surface area contributed by atoms with E-state index in [1.807, 2.05) is 18.3 Å². The Morgan fingerprint density at radius 3 is 2.88 bits per heavy atom. The summed E-state index contributed by atoms with van der Waals surface area (Å²) in [6.45, 7) is 6.26. The van der Waals surface area contributed by atoms with Crippen LogP contribution in [0, 0.1) is 0 Å². The Hall–Kier alpha value is -2.74. The molecule has 26 heavy (non-hydrogen) atoms. The summed E-state index contributed by atoms with van der Waals surface area (Å²) in [5.74, 6) is 1.54. The van der Waals surface area contributed by atoms with Crippen molar-refractivity contribution in [3.63, 3.8) is 0 Å². The number of rotatable bonds is 7. The molecule has 136 valence electrons. The average Bonchev–Trinajstić information content (AvgIpc) is 3.36. The van der Waals surface area contributed by atoms with Gasteiger partial charge in [-0.1, -0.05) is 25.1 Å². The van der Waals surface area contributed by atoms with E-state index in [0.717, 1.165) is 40.9 Å². The number of aliphatic imine (C=N–C) groups is 1. The van der Waals surface area contributed by atoms with E-state index in [-0.39, 0.29) is 0 Å². The molecular weight excluding hydrogens is 346 g/mol. The fraction of sp³-hybridized carbons (Fsp3) is 0.333. The molecule has 0 fully saturated rings. The maximum atomic E-state index is 4.67. The largest absolute Gasteiger partial charge is 0.357 e. The van der Waals surface area contributed by atoms with Gasteiger partial charge in [0.25, 0.3) is 0 Å². The van der Waals surface area contributed by atoms with Gasteiger partial charge in [0.1, 0.15) is 11.3 Å².